The van der Waals surface area contributed by atoms with E-state index in [0.29, 0.717) is 5.95 Å². The van der Waals surface area contributed by atoms with Crippen molar-refractivity contribution in [1.29, 1.82) is 0 Å². The molecule has 0 saturated carbocycles. The first-order valence-corrected chi connectivity index (χ1v) is 7.99. The van der Waals surface area contributed by atoms with Crippen molar-refractivity contribution >= 4 is 33.4 Å². The van der Waals surface area contributed by atoms with Crippen molar-refractivity contribution in [3.63, 3.8) is 0 Å². The molecule has 1 aromatic heterocycles. The molecule has 5 nitrogen and oxygen atoms in total. The smallest absolute Gasteiger partial charge is 0.249 e. The molecule has 2 heterocycles. The molecule has 1 saturated heterocycles. The Kier molecular flexibility index (Phi) is 4.34. The van der Waals surface area contributed by atoms with E-state index in [4.69, 9.17) is 0 Å². The normalized spacial score (nSPS) is 15.0. The third kappa shape index (κ3) is 3.50. The van der Waals surface area contributed by atoms with E-state index < -0.39 is 0 Å². The van der Waals surface area contributed by atoms with E-state index in [1.54, 1.807) is 6.20 Å². The quantitative estimate of drug-likeness (QED) is 0.917. The standard InChI is InChI=1S/C15H18BrN5/c1-11-9-12(5-6-13(11)16)18-15-19-14(10-17-20-15)21-7-3-2-4-8-21/h5-6,9-10H,2-4,7-8H2,1H3,(H,18,19,20). The molecule has 2 aromatic rings. The van der Waals surface area contributed by atoms with Crippen LogP contribution in [0.1, 0.15) is 24.8 Å². The second kappa shape index (κ2) is 6.39. The van der Waals surface area contributed by atoms with Crippen LogP contribution in [0.25, 0.3) is 0 Å². The monoisotopic (exact) mass is 347 g/mol. The van der Waals surface area contributed by atoms with Gasteiger partial charge in [0.1, 0.15) is 0 Å². The maximum Gasteiger partial charge on any atom is 0.249 e. The summed E-state index contributed by atoms with van der Waals surface area (Å²) in [7, 11) is 0. The van der Waals surface area contributed by atoms with Crippen LogP contribution in [0, 0.1) is 6.92 Å². The zero-order valence-electron chi connectivity index (χ0n) is 12.0. The van der Waals surface area contributed by atoms with Crippen molar-refractivity contribution in [2.75, 3.05) is 23.3 Å². The Labute approximate surface area is 132 Å². The lowest BCUT2D eigenvalue weighted by Crippen LogP contribution is -2.30. The number of aromatic nitrogens is 3. The first-order valence-electron chi connectivity index (χ1n) is 7.20. The molecule has 0 amide bonds. The highest BCUT2D eigenvalue weighted by atomic mass is 79.9. The summed E-state index contributed by atoms with van der Waals surface area (Å²) in [4.78, 5) is 6.85. The Hall–Kier alpha value is -1.69. The van der Waals surface area contributed by atoms with Gasteiger partial charge in [-0.3, -0.25) is 0 Å². The molecule has 0 aliphatic carbocycles. The van der Waals surface area contributed by atoms with Crippen molar-refractivity contribution in [3.05, 3.63) is 34.4 Å². The number of nitrogens with one attached hydrogen (secondary N) is 1. The number of hydrogen-bond donors (Lipinski definition) is 1. The predicted octanol–water partition coefficient (Wildman–Crippen LogP) is 3.68. The topological polar surface area (TPSA) is 53.9 Å². The molecular formula is C15H18BrN5. The van der Waals surface area contributed by atoms with Gasteiger partial charge in [0.25, 0.3) is 0 Å². The summed E-state index contributed by atoms with van der Waals surface area (Å²) in [6, 6.07) is 6.06. The lowest BCUT2D eigenvalue weighted by Gasteiger charge is -2.27. The van der Waals surface area contributed by atoms with E-state index in [0.717, 1.165) is 29.1 Å². The number of halogens is 1. The highest BCUT2D eigenvalue weighted by Crippen LogP contribution is 2.23. The Morgan fingerprint density at radius 1 is 1.19 bits per heavy atom. The highest BCUT2D eigenvalue weighted by Gasteiger charge is 2.13. The Balaban J connectivity index is 1.77. The molecule has 0 unspecified atom stereocenters. The van der Waals surface area contributed by atoms with Crippen molar-refractivity contribution < 1.29 is 0 Å². The first kappa shape index (κ1) is 14.3. The number of aryl methyl sites for hydroxylation is 1. The van der Waals surface area contributed by atoms with Gasteiger partial charge in [-0.1, -0.05) is 15.9 Å². The van der Waals surface area contributed by atoms with Crippen LogP contribution in [0.15, 0.2) is 28.9 Å². The highest BCUT2D eigenvalue weighted by molar-refractivity contribution is 9.10. The Morgan fingerprint density at radius 2 is 2.00 bits per heavy atom. The van der Waals surface area contributed by atoms with Gasteiger partial charge in [-0.05, 0) is 49.9 Å². The Morgan fingerprint density at radius 3 is 2.76 bits per heavy atom. The summed E-state index contributed by atoms with van der Waals surface area (Å²) in [6.45, 7) is 4.16. The molecule has 0 radical (unpaired) electrons. The average Bonchev–Trinajstić information content (AvgIpc) is 2.52. The van der Waals surface area contributed by atoms with E-state index >= 15 is 0 Å². The van der Waals surface area contributed by atoms with Crippen molar-refractivity contribution in [2.45, 2.75) is 26.2 Å². The van der Waals surface area contributed by atoms with Crippen LogP contribution in [-0.4, -0.2) is 28.3 Å². The molecule has 1 N–H and O–H groups in total. The van der Waals surface area contributed by atoms with Crippen molar-refractivity contribution in [1.82, 2.24) is 15.2 Å². The number of nitrogens with zero attached hydrogens (tertiary/aromatic N) is 4. The summed E-state index contributed by atoms with van der Waals surface area (Å²) in [6.07, 6.45) is 5.49. The number of anilines is 3. The SMILES string of the molecule is Cc1cc(Nc2nncc(N3CCCCC3)n2)ccc1Br. The number of rotatable bonds is 3. The molecule has 0 atom stereocenters. The van der Waals surface area contributed by atoms with Gasteiger partial charge in [-0.25, -0.2) is 0 Å². The Bertz CT molecular complexity index is 625. The minimum Gasteiger partial charge on any atom is -0.355 e. The van der Waals surface area contributed by atoms with Crippen molar-refractivity contribution in [2.24, 2.45) is 0 Å². The minimum atomic E-state index is 0.541. The minimum absolute atomic E-state index is 0.541. The molecular weight excluding hydrogens is 330 g/mol. The maximum absolute atomic E-state index is 4.57. The van der Waals surface area contributed by atoms with Crippen LogP contribution in [0.4, 0.5) is 17.5 Å². The van der Waals surface area contributed by atoms with E-state index in [2.05, 4.69) is 54.3 Å². The largest absolute Gasteiger partial charge is 0.355 e. The number of benzene rings is 1. The van der Waals surface area contributed by atoms with Crippen LogP contribution in [-0.2, 0) is 0 Å². The first-order chi connectivity index (χ1) is 10.2. The fourth-order valence-corrected chi connectivity index (χ4v) is 2.72. The van der Waals surface area contributed by atoms with Gasteiger partial charge in [0.05, 0.1) is 6.20 Å². The number of piperidine rings is 1. The molecule has 1 aliphatic rings. The molecule has 1 aliphatic heterocycles. The van der Waals surface area contributed by atoms with Crippen LogP contribution in [0.3, 0.4) is 0 Å². The van der Waals surface area contributed by atoms with Crippen LogP contribution < -0.4 is 10.2 Å². The zero-order valence-corrected chi connectivity index (χ0v) is 13.6. The summed E-state index contributed by atoms with van der Waals surface area (Å²) in [5.41, 5.74) is 2.13. The zero-order chi connectivity index (χ0) is 14.7. The van der Waals surface area contributed by atoms with E-state index in [9.17, 15) is 0 Å². The average molecular weight is 348 g/mol. The van der Waals surface area contributed by atoms with Crippen LogP contribution in [0.2, 0.25) is 0 Å². The van der Waals surface area contributed by atoms with Gasteiger partial charge < -0.3 is 10.2 Å². The summed E-state index contributed by atoms with van der Waals surface area (Å²) in [5.74, 6) is 1.45. The van der Waals surface area contributed by atoms with Gasteiger partial charge in [-0.2, -0.15) is 10.1 Å². The van der Waals surface area contributed by atoms with Gasteiger partial charge >= 0.3 is 0 Å². The summed E-state index contributed by atoms with van der Waals surface area (Å²) < 4.78 is 1.09. The third-order valence-electron chi connectivity index (χ3n) is 3.64. The van der Waals surface area contributed by atoms with Gasteiger partial charge in [-0.15, -0.1) is 5.10 Å². The van der Waals surface area contributed by atoms with Gasteiger partial charge in [0, 0.05) is 23.2 Å². The van der Waals surface area contributed by atoms with E-state index in [1.165, 1.54) is 24.8 Å². The van der Waals surface area contributed by atoms with Crippen LogP contribution >= 0.6 is 15.9 Å². The van der Waals surface area contributed by atoms with Crippen LogP contribution in [0.5, 0.6) is 0 Å². The predicted molar refractivity (Wildman–Crippen MR) is 88.1 cm³/mol. The molecule has 1 aromatic carbocycles. The van der Waals surface area contributed by atoms with E-state index in [-0.39, 0.29) is 0 Å². The lowest BCUT2D eigenvalue weighted by molar-refractivity contribution is 0.572. The molecule has 3 rings (SSSR count). The van der Waals surface area contributed by atoms with E-state index in [1.807, 2.05) is 12.1 Å². The molecule has 1 fully saturated rings. The summed E-state index contributed by atoms with van der Waals surface area (Å²) >= 11 is 3.50. The summed E-state index contributed by atoms with van der Waals surface area (Å²) in [5, 5.41) is 11.4. The maximum atomic E-state index is 4.57. The number of hydrogen-bond acceptors (Lipinski definition) is 5. The lowest BCUT2D eigenvalue weighted by atomic mass is 10.1. The molecule has 110 valence electrons. The van der Waals surface area contributed by atoms with Gasteiger partial charge in [0.2, 0.25) is 5.95 Å². The molecule has 0 spiro atoms. The van der Waals surface area contributed by atoms with Gasteiger partial charge in [0.15, 0.2) is 5.82 Å². The molecule has 6 heteroatoms. The molecule has 21 heavy (non-hydrogen) atoms. The molecule has 0 bridgehead atoms. The fraction of sp³-hybridized carbons (Fsp3) is 0.400. The van der Waals surface area contributed by atoms with Crippen molar-refractivity contribution in [3.8, 4) is 0 Å². The fourth-order valence-electron chi connectivity index (χ4n) is 2.47. The second-order valence-electron chi connectivity index (χ2n) is 5.27. The third-order valence-corrected chi connectivity index (χ3v) is 4.53. The second-order valence-corrected chi connectivity index (χ2v) is 6.13.